The van der Waals surface area contributed by atoms with E-state index >= 15 is 0 Å². The van der Waals surface area contributed by atoms with Crippen LogP contribution in [0.25, 0.3) is 0 Å². The second-order valence-electron chi connectivity index (χ2n) is 9.21. The van der Waals surface area contributed by atoms with Crippen LogP contribution >= 0.6 is 0 Å². The number of carbonyl (C=O) groups is 3. The maximum atomic E-state index is 13.6. The lowest BCUT2D eigenvalue weighted by Crippen LogP contribution is -2.39. The first-order valence-corrected chi connectivity index (χ1v) is 12.0. The molecule has 36 heavy (non-hydrogen) atoms. The van der Waals surface area contributed by atoms with Gasteiger partial charge in [0.25, 0.3) is 0 Å². The first kappa shape index (κ1) is 25.3. The van der Waals surface area contributed by atoms with E-state index in [9.17, 15) is 18.8 Å². The molecule has 2 aromatic rings. The van der Waals surface area contributed by atoms with E-state index in [-0.39, 0.29) is 30.3 Å². The van der Waals surface area contributed by atoms with E-state index in [1.54, 1.807) is 11.0 Å². The molecule has 0 spiro atoms. The van der Waals surface area contributed by atoms with Crippen molar-refractivity contribution in [3.8, 4) is 5.75 Å². The zero-order valence-electron chi connectivity index (χ0n) is 20.1. The number of anilines is 2. The summed E-state index contributed by atoms with van der Waals surface area (Å²) in [4.78, 5) is 37.6. The van der Waals surface area contributed by atoms with Gasteiger partial charge in [0.05, 0.1) is 7.11 Å². The largest absolute Gasteiger partial charge is 0.494 e. The number of hydrogen-bond donors (Lipinski definition) is 3. The third kappa shape index (κ3) is 6.44. The van der Waals surface area contributed by atoms with Gasteiger partial charge in [0.1, 0.15) is 6.10 Å². The van der Waals surface area contributed by atoms with Crippen molar-refractivity contribution in [2.24, 2.45) is 5.92 Å². The average molecular weight is 500 g/mol. The normalized spacial score (nSPS) is 19.1. The first-order valence-electron chi connectivity index (χ1n) is 12.0. The molecule has 2 aromatic carbocycles. The lowest BCUT2D eigenvalue weighted by Gasteiger charge is -2.32. The molecule has 1 heterocycles. The topological polar surface area (TPSA) is 117 Å². The lowest BCUT2D eigenvalue weighted by molar-refractivity contribution is -0.138. The maximum absolute atomic E-state index is 13.6. The predicted octanol–water partition coefficient (Wildman–Crippen LogP) is 5.01. The monoisotopic (exact) mass is 499 g/mol. The van der Waals surface area contributed by atoms with Gasteiger partial charge >= 0.3 is 18.1 Å². The van der Waals surface area contributed by atoms with E-state index in [1.807, 2.05) is 12.1 Å². The summed E-state index contributed by atoms with van der Waals surface area (Å²) in [5.74, 6) is -1.10. The van der Waals surface area contributed by atoms with Crippen molar-refractivity contribution in [1.82, 2.24) is 4.90 Å². The number of nitrogens with one attached hydrogen (secondary N) is 2. The molecule has 1 aliphatic carbocycles. The third-order valence-electron chi connectivity index (χ3n) is 6.67. The highest BCUT2D eigenvalue weighted by Crippen LogP contribution is 2.30. The van der Waals surface area contributed by atoms with Crippen LogP contribution in [-0.4, -0.2) is 47.9 Å². The van der Waals surface area contributed by atoms with Gasteiger partial charge in [-0.3, -0.25) is 4.79 Å². The summed E-state index contributed by atoms with van der Waals surface area (Å²) >= 11 is 0. The SMILES string of the molecule is COc1cc(NC(=O)Nc2ccc3c(c2)CCN(C(=O)O[C@H]2CC[C@H](CC(=O)O)CC2)C3)ccc1F. The molecule has 192 valence electrons. The number of ether oxygens (including phenoxy) is 2. The Morgan fingerprint density at radius 3 is 2.42 bits per heavy atom. The summed E-state index contributed by atoms with van der Waals surface area (Å²) in [7, 11) is 1.35. The van der Waals surface area contributed by atoms with E-state index in [2.05, 4.69) is 10.6 Å². The average Bonchev–Trinajstić information content (AvgIpc) is 2.85. The number of rotatable bonds is 6. The molecule has 3 N–H and O–H groups in total. The summed E-state index contributed by atoms with van der Waals surface area (Å²) in [6.07, 6.45) is 3.17. The van der Waals surface area contributed by atoms with E-state index in [0.717, 1.165) is 24.0 Å². The molecule has 0 unspecified atom stereocenters. The Morgan fingerprint density at radius 1 is 1.03 bits per heavy atom. The molecule has 3 amide bonds. The maximum Gasteiger partial charge on any atom is 0.410 e. The van der Waals surface area contributed by atoms with Crippen molar-refractivity contribution in [2.45, 2.75) is 51.2 Å². The number of aliphatic carboxylic acids is 1. The number of carboxylic acids is 1. The van der Waals surface area contributed by atoms with Crippen LogP contribution in [0.3, 0.4) is 0 Å². The zero-order chi connectivity index (χ0) is 25.7. The minimum Gasteiger partial charge on any atom is -0.494 e. The number of benzene rings is 2. The molecule has 4 rings (SSSR count). The van der Waals surface area contributed by atoms with Gasteiger partial charge in [0.2, 0.25) is 0 Å². The number of halogens is 1. The Morgan fingerprint density at radius 2 is 1.72 bits per heavy atom. The van der Waals surface area contributed by atoms with Crippen LogP contribution in [0.15, 0.2) is 36.4 Å². The number of hydrogen-bond acceptors (Lipinski definition) is 5. The van der Waals surface area contributed by atoms with Crippen LogP contribution in [-0.2, 0) is 22.5 Å². The van der Waals surface area contributed by atoms with Gasteiger partial charge in [-0.25, -0.2) is 14.0 Å². The van der Waals surface area contributed by atoms with Crippen molar-refractivity contribution >= 4 is 29.5 Å². The molecule has 0 saturated heterocycles. The van der Waals surface area contributed by atoms with Gasteiger partial charge in [-0.15, -0.1) is 0 Å². The predicted molar refractivity (Wildman–Crippen MR) is 131 cm³/mol. The minimum atomic E-state index is -0.782. The minimum absolute atomic E-state index is 0.0375. The standard InChI is InChI=1S/C26H30FN3O6/c1-35-23-14-20(6-9-22(23)27)29-25(33)28-19-5-4-18-15-30(11-10-17(18)13-19)26(34)36-21-7-2-16(3-8-21)12-24(31)32/h4-6,9,13-14,16,21H,2-3,7-8,10-12,15H2,1H3,(H,31,32)(H2,28,29,33)/t16-,21-. The Labute approximate surface area is 208 Å². The van der Waals surface area contributed by atoms with E-state index in [4.69, 9.17) is 14.6 Å². The van der Waals surface area contributed by atoms with Gasteiger partial charge in [0, 0.05) is 37.0 Å². The van der Waals surface area contributed by atoms with Gasteiger partial charge in [-0.1, -0.05) is 6.07 Å². The number of carboxylic acid groups (broad SMARTS) is 1. The van der Waals surface area contributed by atoms with Gasteiger partial charge in [-0.2, -0.15) is 0 Å². The number of amides is 3. The van der Waals surface area contributed by atoms with Crippen LogP contribution in [0.5, 0.6) is 5.75 Å². The summed E-state index contributed by atoms with van der Waals surface area (Å²) in [6.45, 7) is 0.926. The fourth-order valence-electron chi connectivity index (χ4n) is 4.74. The van der Waals surface area contributed by atoms with Gasteiger partial charge < -0.3 is 30.1 Å². The summed E-state index contributed by atoms with van der Waals surface area (Å²) < 4.78 is 24.2. The molecule has 0 radical (unpaired) electrons. The van der Waals surface area contributed by atoms with Crippen molar-refractivity contribution < 1.29 is 33.4 Å². The number of fused-ring (bicyclic) bond motifs is 1. The summed E-state index contributed by atoms with van der Waals surface area (Å²) in [6, 6.07) is 9.12. The van der Waals surface area contributed by atoms with Gasteiger partial charge in [0.15, 0.2) is 11.6 Å². The van der Waals surface area contributed by atoms with Crippen LogP contribution in [0.4, 0.5) is 25.4 Å². The van der Waals surface area contributed by atoms with Crippen LogP contribution in [0.2, 0.25) is 0 Å². The Bertz CT molecular complexity index is 1130. The Hall–Kier alpha value is -3.82. The fourth-order valence-corrected chi connectivity index (χ4v) is 4.74. The first-order chi connectivity index (χ1) is 17.3. The Kier molecular flexibility index (Phi) is 7.92. The third-order valence-corrected chi connectivity index (χ3v) is 6.67. The van der Waals surface area contributed by atoms with Crippen molar-refractivity contribution in [3.05, 3.63) is 53.3 Å². The molecule has 1 aliphatic heterocycles. The highest BCUT2D eigenvalue weighted by molar-refractivity contribution is 5.99. The molecular weight excluding hydrogens is 469 g/mol. The highest BCUT2D eigenvalue weighted by atomic mass is 19.1. The zero-order valence-corrected chi connectivity index (χ0v) is 20.1. The lowest BCUT2D eigenvalue weighted by atomic mass is 9.85. The number of nitrogens with zero attached hydrogens (tertiary/aromatic N) is 1. The number of methoxy groups -OCH3 is 1. The summed E-state index contributed by atoms with van der Waals surface area (Å²) in [5.41, 5.74) is 3.02. The molecular formula is C26H30FN3O6. The second-order valence-corrected chi connectivity index (χ2v) is 9.21. The molecule has 0 bridgehead atoms. The number of urea groups is 1. The van der Waals surface area contributed by atoms with Gasteiger partial charge in [-0.05, 0) is 73.4 Å². The molecule has 1 fully saturated rings. The van der Waals surface area contributed by atoms with E-state index in [1.165, 1.54) is 25.3 Å². The van der Waals surface area contributed by atoms with Crippen molar-refractivity contribution in [2.75, 3.05) is 24.3 Å². The Balaban J connectivity index is 1.28. The smallest absolute Gasteiger partial charge is 0.410 e. The quantitative estimate of drug-likeness (QED) is 0.515. The highest BCUT2D eigenvalue weighted by Gasteiger charge is 2.28. The number of carbonyl (C=O) groups excluding carboxylic acids is 2. The fraction of sp³-hybridized carbons (Fsp3) is 0.423. The molecule has 2 aliphatic rings. The van der Waals surface area contributed by atoms with E-state index < -0.39 is 17.8 Å². The van der Waals surface area contributed by atoms with Crippen molar-refractivity contribution in [1.29, 1.82) is 0 Å². The second kappa shape index (κ2) is 11.3. The summed E-state index contributed by atoms with van der Waals surface area (Å²) in [5, 5.41) is 14.4. The molecule has 10 heteroatoms. The molecule has 0 atom stereocenters. The molecule has 9 nitrogen and oxygen atoms in total. The molecule has 1 saturated carbocycles. The van der Waals surface area contributed by atoms with E-state index in [0.29, 0.717) is 43.7 Å². The van der Waals surface area contributed by atoms with Crippen LogP contribution < -0.4 is 15.4 Å². The molecule has 0 aromatic heterocycles. The van der Waals surface area contributed by atoms with Crippen LogP contribution in [0.1, 0.15) is 43.2 Å². The van der Waals surface area contributed by atoms with Crippen LogP contribution in [0, 0.1) is 11.7 Å². The van der Waals surface area contributed by atoms with Crippen molar-refractivity contribution in [3.63, 3.8) is 0 Å².